The monoisotopic (exact) mass is 186 g/mol. The van der Waals surface area contributed by atoms with Crippen molar-refractivity contribution in [1.29, 1.82) is 0 Å². The zero-order valence-corrected chi connectivity index (χ0v) is 7.38. The van der Waals surface area contributed by atoms with Gasteiger partial charge in [-0.25, -0.2) is 4.39 Å². The molecule has 0 saturated heterocycles. The average molecular weight is 186 g/mol. The smallest absolute Gasteiger partial charge is 0.315 e. The third-order valence-electron chi connectivity index (χ3n) is 3.02. The van der Waals surface area contributed by atoms with Crippen molar-refractivity contribution in [2.24, 2.45) is 11.3 Å². The number of rotatable bonds is 2. The molecular formula is C9H11FO3. The number of hydrogen-bond acceptors (Lipinski definition) is 3. The van der Waals surface area contributed by atoms with Crippen LogP contribution >= 0.6 is 0 Å². The molecule has 72 valence electrons. The number of ketones is 1. The lowest BCUT2D eigenvalue weighted by Gasteiger charge is -2.09. The van der Waals surface area contributed by atoms with Crippen molar-refractivity contribution in [3.63, 3.8) is 0 Å². The maximum Gasteiger partial charge on any atom is 0.315 e. The Balaban J connectivity index is 2.15. The van der Waals surface area contributed by atoms with Crippen molar-refractivity contribution in [2.75, 3.05) is 6.61 Å². The molecule has 2 aliphatic rings. The first-order chi connectivity index (χ1) is 6.14. The number of carbonyl (C=O) groups is 2. The van der Waals surface area contributed by atoms with E-state index in [1.165, 1.54) is 0 Å². The van der Waals surface area contributed by atoms with Gasteiger partial charge in [0.2, 0.25) is 0 Å². The van der Waals surface area contributed by atoms with Gasteiger partial charge in [0.1, 0.15) is 17.4 Å². The summed E-state index contributed by atoms with van der Waals surface area (Å²) in [6.07, 6.45) is -0.631. The highest BCUT2D eigenvalue weighted by molar-refractivity contribution is 5.99. The third kappa shape index (κ3) is 0.885. The molecule has 0 N–H and O–H groups in total. The van der Waals surface area contributed by atoms with Gasteiger partial charge >= 0.3 is 5.97 Å². The fourth-order valence-corrected chi connectivity index (χ4v) is 2.23. The molecule has 0 heterocycles. The van der Waals surface area contributed by atoms with Crippen LogP contribution in [-0.4, -0.2) is 24.5 Å². The molecule has 0 aromatic carbocycles. The van der Waals surface area contributed by atoms with Gasteiger partial charge in [-0.3, -0.25) is 9.59 Å². The Hall–Kier alpha value is -0.930. The van der Waals surface area contributed by atoms with Crippen molar-refractivity contribution in [1.82, 2.24) is 0 Å². The molecule has 0 radical (unpaired) electrons. The summed E-state index contributed by atoms with van der Waals surface area (Å²) in [6, 6.07) is 0. The second-order valence-electron chi connectivity index (χ2n) is 3.61. The van der Waals surface area contributed by atoms with E-state index in [4.69, 9.17) is 4.74 Å². The minimum absolute atomic E-state index is 0.124. The van der Waals surface area contributed by atoms with Crippen LogP contribution in [0.15, 0.2) is 0 Å². The average Bonchev–Trinajstić information content (AvgIpc) is 2.50. The van der Waals surface area contributed by atoms with Gasteiger partial charge in [0.05, 0.1) is 12.5 Å². The first-order valence-corrected chi connectivity index (χ1v) is 4.48. The molecule has 3 nitrogen and oxygen atoms in total. The minimum Gasteiger partial charge on any atom is -0.465 e. The summed E-state index contributed by atoms with van der Waals surface area (Å²) in [5.74, 6) is -1.34. The molecule has 0 spiro atoms. The largest absolute Gasteiger partial charge is 0.465 e. The molecule has 2 aliphatic carbocycles. The minimum atomic E-state index is -1.28. The van der Waals surface area contributed by atoms with E-state index in [1.54, 1.807) is 6.92 Å². The molecule has 2 rings (SSSR count). The van der Waals surface area contributed by atoms with E-state index in [9.17, 15) is 14.0 Å². The van der Waals surface area contributed by atoms with Crippen LogP contribution in [0.4, 0.5) is 4.39 Å². The van der Waals surface area contributed by atoms with E-state index in [1.807, 2.05) is 0 Å². The van der Waals surface area contributed by atoms with Gasteiger partial charge in [-0.15, -0.1) is 0 Å². The van der Waals surface area contributed by atoms with Crippen molar-refractivity contribution in [2.45, 2.75) is 25.9 Å². The molecule has 0 aromatic rings. The van der Waals surface area contributed by atoms with Crippen LogP contribution in [0.2, 0.25) is 0 Å². The van der Waals surface area contributed by atoms with E-state index in [2.05, 4.69) is 0 Å². The molecule has 0 unspecified atom stereocenters. The van der Waals surface area contributed by atoms with Gasteiger partial charge in [0.15, 0.2) is 0 Å². The van der Waals surface area contributed by atoms with Crippen molar-refractivity contribution in [3.05, 3.63) is 0 Å². The molecule has 0 amide bonds. The highest BCUT2D eigenvalue weighted by atomic mass is 19.1. The first-order valence-electron chi connectivity index (χ1n) is 4.48. The van der Waals surface area contributed by atoms with Crippen LogP contribution < -0.4 is 0 Å². The number of Topliss-reactive ketones (excluding diaryl/α,β-unsaturated/α-hetero) is 1. The first kappa shape index (κ1) is 8.66. The molecule has 3 atom stereocenters. The predicted molar refractivity (Wildman–Crippen MR) is 41.7 cm³/mol. The molecule has 0 aliphatic heterocycles. The van der Waals surface area contributed by atoms with Gasteiger partial charge < -0.3 is 4.74 Å². The molecule has 13 heavy (non-hydrogen) atoms. The van der Waals surface area contributed by atoms with Crippen molar-refractivity contribution in [3.8, 4) is 0 Å². The molecule has 0 aromatic heterocycles. The van der Waals surface area contributed by atoms with Crippen molar-refractivity contribution >= 4 is 11.8 Å². The summed E-state index contributed by atoms with van der Waals surface area (Å²) in [5, 5.41) is 0. The van der Waals surface area contributed by atoms with Crippen LogP contribution in [0, 0.1) is 11.3 Å². The van der Waals surface area contributed by atoms with E-state index in [0.717, 1.165) is 0 Å². The summed E-state index contributed by atoms with van der Waals surface area (Å²) in [7, 11) is 0. The van der Waals surface area contributed by atoms with Gasteiger partial charge in [0, 0.05) is 6.42 Å². The lowest BCUT2D eigenvalue weighted by Crippen LogP contribution is -2.21. The number of halogens is 1. The Morgan fingerprint density at radius 3 is 2.92 bits per heavy atom. The zero-order chi connectivity index (χ0) is 9.64. The maximum atomic E-state index is 13.2. The van der Waals surface area contributed by atoms with Crippen LogP contribution in [0.5, 0.6) is 0 Å². The Kier molecular flexibility index (Phi) is 1.68. The number of carbonyl (C=O) groups excluding carboxylic acids is 2. The van der Waals surface area contributed by atoms with Gasteiger partial charge in [-0.2, -0.15) is 0 Å². The lowest BCUT2D eigenvalue weighted by molar-refractivity contribution is -0.150. The molecule has 2 fully saturated rings. The lowest BCUT2D eigenvalue weighted by atomic mass is 10.0. The Bertz CT molecular complexity index is 276. The quantitative estimate of drug-likeness (QED) is 0.601. The van der Waals surface area contributed by atoms with E-state index in [-0.39, 0.29) is 12.4 Å². The molecular weight excluding hydrogens is 175 g/mol. The highest BCUT2D eigenvalue weighted by Crippen LogP contribution is 2.64. The highest BCUT2D eigenvalue weighted by Gasteiger charge is 2.77. The summed E-state index contributed by atoms with van der Waals surface area (Å²) in [6.45, 7) is 1.92. The predicted octanol–water partition coefficient (Wildman–Crippen LogP) is 0.867. The number of alkyl halides is 1. The fraction of sp³-hybridized carbons (Fsp3) is 0.778. The number of fused-ring (bicyclic) bond motifs is 1. The van der Waals surface area contributed by atoms with E-state index >= 15 is 0 Å². The van der Waals surface area contributed by atoms with E-state index < -0.39 is 23.5 Å². The summed E-state index contributed by atoms with van der Waals surface area (Å²) in [5.41, 5.74) is -1.08. The van der Waals surface area contributed by atoms with Gasteiger partial charge in [-0.1, -0.05) is 0 Å². The third-order valence-corrected chi connectivity index (χ3v) is 3.02. The number of esters is 1. The van der Waals surface area contributed by atoms with E-state index in [0.29, 0.717) is 12.8 Å². The van der Waals surface area contributed by atoms with Crippen LogP contribution in [0.1, 0.15) is 19.8 Å². The second kappa shape index (κ2) is 2.53. The standard InChI is InChI=1S/C9H11FO3/c1-2-13-8(12)9-4-3-5(11)6(9)7(9)10/h6-7H,2-4H2,1H3/t6-,7-,9+/m1/s1. The molecule has 4 heteroatoms. The van der Waals surface area contributed by atoms with Crippen LogP contribution in [-0.2, 0) is 14.3 Å². The Morgan fingerprint density at radius 2 is 2.46 bits per heavy atom. The van der Waals surface area contributed by atoms with Crippen molar-refractivity contribution < 1.29 is 18.7 Å². The van der Waals surface area contributed by atoms with Gasteiger partial charge in [0.25, 0.3) is 0 Å². The van der Waals surface area contributed by atoms with Gasteiger partial charge in [-0.05, 0) is 13.3 Å². The Morgan fingerprint density at radius 1 is 1.77 bits per heavy atom. The zero-order valence-electron chi connectivity index (χ0n) is 7.38. The molecule has 0 bridgehead atoms. The molecule has 2 saturated carbocycles. The Labute approximate surface area is 75.2 Å². The van der Waals surface area contributed by atoms with Crippen LogP contribution in [0.25, 0.3) is 0 Å². The van der Waals surface area contributed by atoms with Crippen LogP contribution in [0.3, 0.4) is 0 Å². The maximum absolute atomic E-state index is 13.2. The SMILES string of the molecule is CCOC(=O)[C@@]12CCC(=O)[C@@H]1[C@H]2F. The summed E-state index contributed by atoms with van der Waals surface area (Å²) in [4.78, 5) is 22.4. The summed E-state index contributed by atoms with van der Waals surface area (Å²) >= 11 is 0. The topological polar surface area (TPSA) is 43.4 Å². The normalized spacial score (nSPS) is 41.5. The number of ether oxygens (including phenoxy) is 1. The summed E-state index contributed by atoms with van der Waals surface area (Å²) < 4.78 is 17.9. The second-order valence-corrected chi connectivity index (χ2v) is 3.61. The fourth-order valence-electron chi connectivity index (χ4n) is 2.23. The number of hydrogen-bond donors (Lipinski definition) is 0.